The highest BCUT2D eigenvalue weighted by atomic mass is 32.2. The van der Waals surface area contributed by atoms with E-state index >= 15 is 0 Å². The van der Waals surface area contributed by atoms with E-state index in [0.29, 0.717) is 10.9 Å². The molecule has 5 N–H and O–H groups in total. The monoisotopic (exact) mass is 364 g/mol. The summed E-state index contributed by atoms with van der Waals surface area (Å²) >= 11 is 0. The molecule has 0 saturated carbocycles. The molecule has 1 saturated heterocycles. The number of allylic oxidation sites excluding steroid dienone is 1. The van der Waals surface area contributed by atoms with Crippen LogP contribution in [-0.4, -0.2) is 57.5 Å². The van der Waals surface area contributed by atoms with Gasteiger partial charge in [0.25, 0.3) is 0 Å². The molecule has 25 heavy (non-hydrogen) atoms. The van der Waals surface area contributed by atoms with Gasteiger partial charge < -0.3 is 16.0 Å². The summed E-state index contributed by atoms with van der Waals surface area (Å²) < 4.78 is 23.1. The fraction of sp³-hybridized carbons (Fsp3) is 0.438. The summed E-state index contributed by atoms with van der Waals surface area (Å²) in [5.41, 5.74) is 14.1. The maximum Gasteiger partial charge on any atom is 0.196 e. The number of rotatable bonds is 3. The highest BCUT2D eigenvalue weighted by molar-refractivity contribution is 7.90. The van der Waals surface area contributed by atoms with E-state index in [-0.39, 0.29) is 0 Å². The van der Waals surface area contributed by atoms with Crippen LogP contribution in [0.1, 0.15) is 6.92 Å². The number of nitrogens with two attached hydrogens (primary N) is 2. The molecule has 1 aromatic carbocycles. The molecule has 9 heteroatoms. The van der Waals surface area contributed by atoms with E-state index in [1.54, 1.807) is 12.1 Å². The van der Waals surface area contributed by atoms with Crippen LogP contribution < -0.4 is 21.7 Å². The number of guanidine groups is 1. The Morgan fingerprint density at radius 2 is 1.76 bits per heavy atom. The zero-order chi connectivity index (χ0) is 18.2. The smallest absolute Gasteiger partial charge is 0.196 e. The number of piperazine rings is 1. The average molecular weight is 364 g/mol. The van der Waals surface area contributed by atoms with Gasteiger partial charge in [0.1, 0.15) is 0 Å². The van der Waals surface area contributed by atoms with Gasteiger partial charge in [-0.3, -0.25) is 10.6 Å². The van der Waals surface area contributed by atoms with Gasteiger partial charge in [-0.05, 0) is 37.3 Å². The normalized spacial score (nSPS) is 25.2. The highest BCUT2D eigenvalue weighted by Gasteiger charge is 2.35. The third-order valence-electron chi connectivity index (χ3n) is 4.47. The Balaban J connectivity index is 1.69. The Morgan fingerprint density at radius 1 is 1.16 bits per heavy atom. The largest absolute Gasteiger partial charge is 0.370 e. The quantitative estimate of drug-likeness (QED) is 0.671. The van der Waals surface area contributed by atoms with Crippen molar-refractivity contribution in [3.63, 3.8) is 0 Å². The standard InChI is InChI=1S/C16H24N6O2S/c1-12-11-16(18,20-15(17)19-12)22-9-7-21(8-10-22)13-3-5-14(6-4-13)25(2,23)24/h3-6,11H,7-10,18H2,1-2H3,(H3,17,19,20). The minimum absolute atomic E-state index is 0.321. The Labute approximate surface area is 148 Å². The zero-order valence-electron chi connectivity index (χ0n) is 14.4. The van der Waals surface area contributed by atoms with Gasteiger partial charge in [0.15, 0.2) is 21.6 Å². The van der Waals surface area contributed by atoms with Crippen molar-refractivity contribution >= 4 is 21.5 Å². The molecule has 0 radical (unpaired) electrons. The lowest BCUT2D eigenvalue weighted by atomic mass is 10.1. The topological polar surface area (TPSA) is 117 Å². The Bertz CT molecular complexity index is 790. The van der Waals surface area contributed by atoms with Crippen molar-refractivity contribution in [3.05, 3.63) is 36.0 Å². The van der Waals surface area contributed by atoms with Crippen LogP contribution in [0.2, 0.25) is 0 Å². The van der Waals surface area contributed by atoms with Crippen LogP contribution in [0, 0.1) is 0 Å². The van der Waals surface area contributed by atoms with Crippen molar-refractivity contribution in [1.29, 1.82) is 0 Å². The van der Waals surface area contributed by atoms with Crippen molar-refractivity contribution in [1.82, 2.24) is 10.2 Å². The van der Waals surface area contributed by atoms with Crippen LogP contribution in [0.3, 0.4) is 0 Å². The predicted molar refractivity (Wildman–Crippen MR) is 98.8 cm³/mol. The average Bonchev–Trinajstić information content (AvgIpc) is 2.53. The Morgan fingerprint density at radius 3 is 2.28 bits per heavy atom. The summed E-state index contributed by atoms with van der Waals surface area (Å²) in [6.07, 6.45) is 3.09. The fourth-order valence-corrected chi connectivity index (χ4v) is 3.83. The molecule has 136 valence electrons. The lowest BCUT2D eigenvalue weighted by Gasteiger charge is -2.43. The van der Waals surface area contributed by atoms with Crippen molar-refractivity contribution in [2.45, 2.75) is 17.6 Å². The third kappa shape index (κ3) is 3.78. The third-order valence-corrected chi connectivity index (χ3v) is 5.60. The molecule has 0 spiro atoms. The molecule has 0 amide bonds. The number of aliphatic imine (C=N–C) groups is 1. The van der Waals surface area contributed by atoms with Gasteiger partial charge in [0, 0.05) is 43.8 Å². The second-order valence-corrected chi connectivity index (χ2v) is 8.49. The molecule has 0 aromatic heterocycles. The van der Waals surface area contributed by atoms with E-state index in [9.17, 15) is 8.42 Å². The molecule has 1 atom stereocenters. The fourth-order valence-electron chi connectivity index (χ4n) is 3.20. The molecule has 2 aliphatic rings. The van der Waals surface area contributed by atoms with E-state index < -0.39 is 15.6 Å². The van der Waals surface area contributed by atoms with E-state index in [1.165, 1.54) is 6.26 Å². The number of anilines is 1. The van der Waals surface area contributed by atoms with Crippen molar-refractivity contribution in [3.8, 4) is 0 Å². The summed E-state index contributed by atoms with van der Waals surface area (Å²) in [6.45, 7) is 4.90. The molecule has 3 rings (SSSR count). The van der Waals surface area contributed by atoms with Crippen LogP contribution in [0.25, 0.3) is 0 Å². The van der Waals surface area contributed by atoms with Crippen molar-refractivity contribution in [2.24, 2.45) is 16.5 Å². The van der Waals surface area contributed by atoms with E-state index in [1.807, 2.05) is 25.1 Å². The number of sulfone groups is 1. The molecule has 1 unspecified atom stereocenters. The molecule has 0 aliphatic carbocycles. The summed E-state index contributed by atoms with van der Waals surface area (Å²) in [4.78, 5) is 8.97. The van der Waals surface area contributed by atoms with Crippen LogP contribution in [-0.2, 0) is 9.84 Å². The van der Waals surface area contributed by atoms with Crippen molar-refractivity contribution < 1.29 is 8.42 Å². The van der Waals surface area contributed by atoms with Gasteiger partial charge in [-0.25, -0.2) is 13.4 Å². The molecular weight excluding hydrogens is 340 g/mol. The van der Waals surface area contributed by atoms with Gasteiger partial charge in [-0.15, -0.1) is 0 Å². The second kappa shape index (κ2) is 6.32. The number of benzene rings is 1. The van der Waals surface area contributed by atoms with Gasteiger partial charge in [-0.1, -0.05) is 0 Å². The first-order valence-corrected chi connectivity index (χ1v) is 9.97. The minimum atomic E-state index is -3.17. The molecule has 2 aliphatic heterocycles. The summed E-state index contributed by atoms with van der Waals surface area (Å²) in [5.74, 6) is -0.604. The summed E-state index contributed by atoms with van der Waals surface area (Å²) in [5, 5.41) is 2.95. The van der Waals surface area contributed by atoms with Crippen molar-refractivity contribution in [2.75, 3.05) is 37.3 Å². The molecule has 1 fully saturated rings. The maximum atomic E-state index is 11.6. The molecule has 0 bridgehead atoms. The molecular formula is C16H24N6O2S. The van der Waals surface area contributed by atoms with Gasteiger partial charge in [0.05, 0.1) is 4.90 Å². The van der Waals surface area contributed by atoms with Crippen LogP contribution in [0.5, 0.6) is 0 Å². The minimum Gasteiger partial charge on any atom is -0.370 e. The lowest BCUT2D eigenvalue weighted by Crippen LogP contribution is -2.62. The van der Waals surface area contributed by atoms with Crippen LogP contribution in [0.15, 0.2) is 45.9 Å². The van der Waals surface area contributed by atoms with Crippen LogP contribution >= 0.6 is 0 Å². The number of hydrogen-bond acceptors (Lipinski definition) is 8. The number of nitrogens with zero attached hydrogens (tertiary/aromatic N) is 3. The van der Waals surface area contributed by atoms with E-state index in [2.05, 4.69) is 20.1 Å². The zero-order valence-corrected chi connectivity index (χ0v) is 15.3. The predicted octanol–water partition coefficient (Wildman–Crippen LogP) is -0.354. The summed E-state index contributed by atoms with van der Waals surface area (Å²) in [6, 6.07) is 6.97. The summed E-state index contributed by atoms with van der Waals surface area (Å²) in [7, 11) is -3.17. The van der Waals surface area contributed by atoms with Gasteiger partial charge in [-0.2, -0.15) is 0 Å². The highest BCUT2D eigenvalue weighted by Crippen LogP contribution is 2.23. The first kappa shape index (κ1) is 17.7. The van der Waals surface area contributed by atoms with E-state index in [4.69, 9.17) is 11.5 Å². The second-order valence-electron chi connectivity index (χ2n) is 6.47. The maximum absolute atomic E-state index is 11.6. The first-order valence-electron chi connectivity index (χ1n) is 8.08. The van der Waals surface area contributed by atoms with Gasteiger partial charge in [0.2, 0.25) is 0 Å². The van der Waals surface area contributed by atoms with Gasteiger partial charge >= 0.3 is 0 Å². The molecule has 8 nitrogen and oxygen atoms in total. The Kier molecular flexibility index (Phi) is 4.48. The number of nitrogens with one attached hydrogen (secondary N) is 1. The Hall–Kier alpha value is -2.10. The van der Waals surface area contributed by atoms with Crippen LogP contribution in [0.4, 0.5) is 5.69 Å². The molecule has 1 aromatic rings. The molecule has 2 heterocycles. The van der Waals surface area contributed by atoms with E-state index in [0.717, 1.165) is 37.6 Å². The first-order chi connectivity index (χ1) is 11.7. The number of hydrogen-bond donors (Lipinski definition) is 3. The SMILES string of the molecule is CC1=CC(N)(N2CCN(c3ccc(S(C)(=O)=O)cc3)CC2)N=C(N)N1. The lowest BCUT2D eigenvalue weighted by molar-refractivity contribution is 0.131.